The fraction of sp³-hybridized carbons (Fsp3) is 0.556. The molecule has 3 heterocycles. The number of nitrogens with two attached hydrogens (primary N) is 1. The molecule has 13 nitrogen and oxygen atoms in total. The van der Waals surface area contributed by atoms with Gasteiger partial charge in [0.05, 0.1) is 11.6 Å². The summed E-state index contributed by atoms with van der Waals surface area (Å²) in [5.74, 6) is -1.47. The lowest BCUT2D eigenvalue weighted by Crippen LogP contribution is -2.44. The van der Waals surface area contributed by atoms with Crippen LogP contribution in [-0.2, 0) is 27.0 Å². The Labute approximate surface area is 301 Å². The molecule has 7 N–H and O–H groups in total. The first-order valence-electron chi connectivity index (χ1n) is 17.8. The number of piperidine rings is 1. The number of pyridine rings is 1. The average Bonchev–Trinajstić information content (AvgIpc) is 3.61. The van der Waals surface area contributed by atoms with Crippen LogP contribution in [0.2, 0.25) is 0 Å². The predicted molar refractivity (Wildman–Crippen MR) is 190 cm³/mol. The highest BCUT2D eigenvalue weighted by atomic mass is 19.4. The predicted octanol–water partition coefficient (Wildman–Crippen LogP) is 3.91. The number of rotatable bonds is 17. The van der Waals surface area contributed by atoms with E-state index in [-0.39, 0.29) is 42.4 Å². The lowest BCUT2D eigenvalue weighted by Gasteiger charge is -2.35. The van der Waals surface area contributed by atoms with Crippen molar-refractivity contribution in [3.63, 3.8) is 0 Å². The van der Waals surface area contributed by atoms with Gasteiger partial charge in [0.25, 0.3) is 0 Å². The number of halogens is 3. The molecule has 52 heavy (non-hydrogen) atoms. The SMILES string of the molecule is N#Cc1ccc(CCNC(=O)[C@@H]2CCCN2c2cc(N3CCC(CCCC(=O)N[C@@H](CCCCNC(=N)N)C(=O)O)CC3)cc(C(F)(F)F)n2)cc1. The van der Waals surface area contributed by atoms with Crippen molar-refractivity contribution < 1.29 is 32.7 Å². The van der Waals surface area contributed by atoms with Gasteiger partial charge in [0.15, 0.2) is 5.96 Å². The van der Waals surface area contributed by atoms with Gasteiger partial charge in [-0.25, -0.2) is 9.78 Å². The molecule has 0 unspecified atom stereocenters. The molecule has 1 aromatic heterocycles. The number of anilines is 2. The lowest BCUT2D eigenvalue weighted by atomic mass is 9.91. The van der Waals surface area contributed by atoms with Crippen LogP contribution in [-0.4, -0.2) is 78.6 Å². The van der Waals surface area contributed by atoms with E-state index >= 15 is 0 Å². The Hall–Kier alpha value is -5.07. The second kappa shape index (κ2) is 19.0. The highest BCUT2D eigenvalue weighted by Crippen LogP contribution is 2.36. The van der Waals surface area contributed by atoms with Crippen LogP contribution < -0.4 is 31.5 Å². The number of carboxylic acid groups (broad SMARTS) is 1. The maximum Gasteiger partial charge on any atom is 0.433 e. The molecule has 0 bridgehead atoms. The molecule has 2 atom stereocenters. The number of guanidine groups is 1. The molecule has 2 aliphatic rings. The number of nitriles is 1. The van der Waals surface area contributed by atoms with Gasteiger partial charge in [0, 0.05) is 50.9 Å². The van der Waals surface area contributed by atoms with Gasteiger partial charge in [0.1, 0.15) is 23.6 Å². The highest BCUT2D eigenvalue weighted by Gasteiger charge is 2.37. The van der Waals surface area contributed by atoms with E-state index in [1.54, 1.807) is 23.1 Å². The number of amides is 2. The van der Waals surface area contributed by atoms with Gasteiger partial charge >= 0.3 is 12.1 Å². The van der Waals surface area contributed by atoms with Crippen LogP contribution in [0.3, 0.4) is 0 Å². The Morgan fingerprint density at radius 2 is 1.77 bits per heavy atom. The summed E-state index contributed by atoms with van der Waals surface area (Å²) in [6, 6.07) is 10.2. The largest absolute Gasteiger partial charge is 0.480 e. The number of carbonyl (C=O) groups excluding carboxylic acids is 2. The van der Waals surface area contributed by atoms with E-state index in [1.807, 2.05) is 17.0 Å². The number of hydrogen-bond acceptors (Lipinski definition) is 8. The van der Waals surface area contributed by atoms with E-state index in [0.29, 0.717) is 82.5 Å². The van der Waals surface area contributed by atoms with Crippen molar-refractivity contribution in [1.82, 2.24) is 20.9 Å². The smallest absolute Gasteiger partial charge is 0.433 e. The number of aromatic nitrogens is 1. The van der Waals surface area contributed by atoms with Crippen LogP contribution in [0.15, 0.2) is 36.4 Å². The normalized spacial score (nSPS) is 16.9. The standard InChI is InChI=1S/C36H48F3N9O4/c37-36(38,39)30-21-27(22-31(46-30)48-18-4-7-29(48)33(50)43-17-13-25-9-11-26(23-40)12-10-25)47-19-14-24(15-20-47)5-3-8-32(49)45-28(34(51)52)6-1-2-16-44-35(41)42/h9-12,21-22,24,28-29H,1-8,13-20H2,(H,43,50)(H,45,49)(H,51,52)(H4,41,42,44)/t28-,29-/m0/s1. The van der Waals surface area contributed by atoms with Crippen LogP contribution in [0.25, 0.3) is 0 Å². The summed E-state index contributed by atoms with van der Waals surface area (Å²) in [5.41, 5.74) is 6.12. The molecule has 16 heteroatoms. The molecule has 0 aliphatic carbocycles. The molecule has 2 amide bonds. The molecule has 4 rings (SSSR count). The minimum Gasteiger partial charge on any atom is -0.480 e. The second-order valence-corrected chi connectivity index (χ2v) is 13.4. The molecule has 0 saturated carbocycles. The number of carboxylic acids is 1. The van der Waals surface area contributed by atoms with Crippen molar-refractivity contribution in [3.05, 3.63) is 53.2 Å². The summed E-state index contributed by atoms with van der Waals surface area (Å²) in [5, 5.41) is 33.8. The van der Waals surface area contributed by atoms with Crippen LogP contribution in [0, 0.1) is 22.7 Å². The minimum absolute atomic E-state index is 0.120. The van der Waals surface area contributed by atoms with E-state index in [2.05, 4.69) is 27.0 Å². The van der Waals surface area contributed by atoms with Crippen molar-refractivity contribution >= 4 is 35.2 Å². The zero-order chi connectivity index (χ0) is 37.7. The number of benzene rings is 1. The molecule has 0 radical (unpaired) electrons. The average molecular weight is 728 g/mol. The van der Waals surface area contributed by atoms with Crippen molar-refractivity contribution in [2.24, 2.45) is 11.7 Å². The Morgan fingerprint density at radius 1 is 1.04 bits per heavy atom. The van der Waals surface area contributed by atoms with Crippen molar-refractivity contribution in [3.8, 4) is 6.07 Å². The molecule has 2 saturated heterocycles. The van der Waals surface area contributed by atoms with E-state index in [9.17, 15) is 32.7 Å². The monoisotopic (exact) mass is 727 g/mol. The van der Waals surface area contributed by atoms with Crippen molar-refractivity contribution in [2.45, 2.75) is 88.9 Å². The van der Waals surface area contributed by atoms with E-state index in [1.165, 1.54) is 0 Å². The maximum absolute atomic E-state index is 14.1. The number of aliphatic carboxylic acids is 1. The van der Waals surface area contributed by atoms with Gasteiger partial charge in [-0.1, -0.05) is 12.1 Å². The number of unbranched alkanes of at least 4 members (excludes halogenated alkanes) is 1. The summed E-state index contributed by atoms with van der Waals surface area (Å²) < 4.78 is 42.2. The van der Waals surface area contributed by atoms with E-state index < -0.39 is 29.9 Å². The first-order chi connectivity index (χ1) is 24.8. The van der Waals surface area contributed by atoms with Gasteiger partial charge in [-0.2, -0.15) is 18.4 Å². The third kappa shape index (κ3) is 12.0. The number of hydrogen-bond donors (Lipinski definition) is 6. The summed E-state index contributed by atoms with van der Waals surface area (Å²) in [7, 11) is 0. The first kappa shape index (κ1) is 39.7. The second-order valence-electron chi connectivity index (χ2n) is 13.4. The Balaban J connectivity index is 1.28. The number of nitrogens with one attached hydrogen (secondary N) is 4. The van der Waals surface area contributed by atoms with Crippen LogP contribution >= 0.6 is 0 Å². The molecular formula is C36H48F3N9O4. The van der Waals surface area contributed by atoms with Gasteiger partial charge in [-0.15, -0.1) is 0 Å². The molecule has 2 aliphatic heterocycles. The summed E-state index contributed by atoms with van der Waals surface area (Å²) in [6.45, 7) is 2.25. The zero-order valence-electron chi connectivity index (χ0n) is 29.2. The molecular weight excluding hydrogens is 679 g/mol. The maximum atomic E-state index is 14.1. The fourth-order valence-electron chi connectivity index (χ4n) is 6.74. The van der Waals surface area contributed by atoms with Crippen LogP contribution in [0.4, 0.5) is 24.7 Å². The zero-order valence-corrected chi connectivity index (χ0v) is 29.2. The lowest BCUT2D eigenvalue weighted by molar-refractivity contribution is -0.142. The first-order valence-corrected chi connectivity index (χ1v) is 17.8. The third-order valence-corrected chi connectivity index (χ3v) is 9.60. The van der Waals surface area contributed by atoms with Gasteiger partial charge in [-0.05, 0) is 93.9 Å². The van der Waals surface area contributed by atoms with Crippen LogP contribution in [0.5, 0.6) is 0 Å². The highest BCUT2D eigenvalue weighted by molar-refractivity contribution is 5.86. The quantitative estimate of drug-likeness (QED) is 0.0789. The molecule has 0 spiro atoms. The van der Waals surface area contributed by atoms with Crippen molar-refractivity contribution in [1.29, 1.82) is 10.7 Å². The molecule has 2 aromatic rings. The summed E-state index contributed by atoms with van der Waals surface area (Å²) in [6.07, 6.45) is 1.35. The summed E-state index contributed by atoms with van der Waals surface area (Å²) >= 11 is 0. The van der Waals surface area contributed by atoms with Gasteiger partial charge in [0.2, 0.25) is 11.8 Å². The molecule has 1 aromatic carbocycles. The Morgan fingerprint density at radius 3 is 2.42 bits per heavy atom. The van der Waals surface area contributed by atoms with Gasteiger partial charge in [-0.3, -0.25) is 15.0 Å². The Bertz CT molecular complexity index is 1570. The fourth-order valence-corrected chi connectivity index (χ4v) is 6.74. The minimum atomic E-state index is -4.67. The van der Waals surface area contributed by atoms with Gasteiger partial charge < -0.3 is 36.6 Å². The summed E-state index contributed by atoms with van der Waals surface area (Å²) in [4.78, 5) is 44.8. The van der Waals surface area contributed by atoms with Crippen molar-refractivity contribution in [2.75, 3.05) is 42.5 Å². The van der Waals surface area contributed by atoms with E-state index in [4.69, 9.17) is 16.4 Å². The number of carbonyl (C=O) groups is 3. The van der Waals surface area contributed by atoms with Crippen LogP contribution in [0.1, 0.15) is 81.0 Å². The Kier molecular flexibility index (Phi) is 14.5. The number of alkyl halides is 3. The molecule has 282 valence electrons. The third-order valence-electron chi connectivity index (χ3n) is 9.60. The topological polar surface area (TPSA) is 201 Å². The molecule has 2 fully saturated rings. The number of nitrogens with zero attached hydrogens (tertiary/aromatic N) is 4. The van der Waals surface area contributed by atoms with E-state index in [0.717, 1.165) is 30.9 Å².